The highest BCUT2D eigenvalue weighted by Crippen LogP contribution is 2.29. The van der Waals surface area contributed by atoms with Crippen molar-refractivity contribution in [1.82, 2.24) is 0 Å². The zero-order valence-corrected chi connectivity index (χ0v) is 8.96. The third-order valence-corrected chi connectivity index (χ3v) is 2.70. The zero-order valence-electron chi connectivity index (χ0n) is 8.96. The van der Waals surface area contributed by atoms with Crippen LogP contribution in [0.1, 0.15) is 32.1 Å². The van der Waals surface area contributed by atoms with Gasteiger partial charge >= 0.3 is 0 Å². The molecule has 0 atom stereocenters. The van der Waals surface area contributed by atoms with Crippen LogP contribution in [0.2, 0.25) is 0 Å². The summed E-state index contributed by atoms with van der Waals surface area (Å²) < 4.78 is 10.1. The van der Waals surface area contributed by atoms with Crippen molar-refractivity contribution in [3.63, 3.8) is 0 Å². The van der Waals surface area contributed by atoms with Crippen molar-refractivity contribution < 1.29 is 14.3 Å². The van der Waals surface area contributed by atoms with Crippen LogP contribution < -0.4 is 0 Å². The molecule has 1 aliphatic rings. The van der Waals surface area contributed by atoms with Gasteiger partial charge in [-0.3, -0.25) is 4.79 Å². The van der Waals surface area contributed by atoms with Crippen molar-refractivity contribution in [2.24, 2.45) is 5.92 Å². The molecule has 0 N–H and O–H groups in total. The fraction of sp³-hybridized carbons (Fsp3) is 0.909. The lowest BCUT2D eigenvalue weighted by atomic mass is 9.81. The normalized spacial score (nSPS) is 16.6. The Kier molecular flexibility index (Phi) is 5.80. The van der Waals surface area contributed by atoms with Gasteiger partial charge in [-0.15, -0.1) is 0 Å². The quantitative estimate of drug-likeness (QED) is 0.560. The smallest absolute Gasteiger partial charge is 0.135 e. The van der Waals surface area contributed by atoms with Crippen LogP contribution in [-0.4, -0.2) is 32.7 Å². The minimum atomic E-state index is 0.354. The van der Waals surface area contributed by atoms with Crippen LogP contribution in [0, 0.1) is 5.92 Å². The maximum absolute atomic E-state index is 11.4. The first kappa shape index (κ1) is 11.7. The number of ketones is 1. The molecule has 14 heavy (non-hydrogen) atoms. The molecule has 3 nitrogen and oxygen atoms in total. The van der Waals surface area contributed by atoms with Crippen molar-refractivity contribution in [2.75, 3.05) is 26.9 Å². The van der Waals surface area contributed by atoms with E-state index in [-0.39, 0.29) is 0 Å². The molecule has 0 unspecified atom stereocenters. The summed E-state index contributed by atoms with van der Waals surface area (Å²) in [5.74, 6) is 1.04. The SMILES string of the molecule is COCCOCCC(=O)CC1CCC1. The second kappa shape index (κ2) is 6.96. The number of carbonyl (C=O) groups excluding carboxylic acids is 1. The van der Waals surface area contributed by atoms with E-state index in [1.54, 1.807) is 7.11 Å². The Labute approximate surface area is 85.8 Å². The van der Waals surface area contributed by atoms with E-state index in [4.69, 9.17) is 9.47 Å². The van der Waals surface area contributed by atoms with E-state index in [9.17, 15) is 4.79 Å². The molecule has 0 amide bonds. The van der Waals surface area contributed by atoms with Gasteiger partial charge in [0.05, 0.1) is 19.8 Å². The largest absolute Gasteiger partial charge is 0.382 e. The monoisotopic (exact) mass is 200 g/mol. The summed E-state index contributed by atoms with van der Waals surface area (Å²) in [6.45, 7) is 1.75. The Balaban J connectivity index is 1.87. The first-order chi connectivity index (χ1) is 6.83. The van der Waals surface area contributed by atoms with Gasteiger partial charge in [-0.1, -0.05) is 19.3 Å². The standard InChI is InChI=1S/C11H20O3/c1-13-7-8-14-6-5-11(12)9-10-3-2-4-10/h10H,2-9H2,1H3. The molecular weight excluding hydrogens is 180 g/mol. The molecule has 0 radical (unpaired) electrons. The van der Waals surface area contributed by atoms with Crippen LogP contribution in [0.5, 0.6) is 0 Å². The van der Waals surface area contributed by atoms with Gasteiger partial charge in [0, 0.05) is 20.0 Å². The minimum absolute atomic E-state index is 0.354. The summed E-state index contributed by atoms with van der Waals surface area (Å²) in [4.78, 5) is 11.4. The third-order valence-electron chi connectivity index (χ3n) is 2.70. The molecule has 0 aromatic carbocycles. The van der Waals surface area contributed by atoms with Gasteiger partial charge in [-0.25, -0.2) is 0 Å². The molecule has 3 heteroatoms. The molecule has 1 fully saturated rings. The molecule has 0 aromatic rings. The second-order valence-electron chi connectivity index (χ2n) is 3.89. The highest BCUT2D eigenvalue weighted by Gasteiger charge is 2.20. The van der Waals surface area contributed by atoms with E-state index in [1.807, 2.05) is 0 Å². The van der Waals surface area contributed by atoms with Crippen LogP contribution >= 0.6 is 0 Å². The summed E-state index contributed by atoms with van der Waals surface area (Å²) in [7, 11) is 1.64. The van der Waals surface area contributed by atoms with Crippen LogP contribution in [-0.2, 0) is 14.3 Å². The first-order valence-corrected chi connectivity index (χ1v) is 5.41. The minimum Gasteiger partial charge on any atom is -0.382 e. The molecule has 1 rings (SSSR count). The molecule has 0 heterocycles. The first-order valence-electron chi connectivity index (χ1n) is 5.41. The van der Waals surface area contributed by atoms with Crippen molar-refractivity contribution in [2.45, 2.75) is 32.1 Å². The molecule has 0 spiro atoms. The lowest BCUT2D eigenvalue weighted by molar-refractivity contribution is -0.121. The van der Waals surface area contributed by atoms with Crippen molar-refractivity contribution in [1.29, 1.82) is 0 Å². The average Bonchev–Trinajstić information content (AvgIpc) is 2.11. The van der Waals surface area contributed by atoms with Gasteiger partial charge in [-0.05, 0) is 5.92 Å². The number of hydrogen-bond acceptors (Lipinski definition) is 3. The summed E-state index contributed by atoms with van der Waals surface area (Å²) >= 11 is 0. The molecule has 0 aromatic heterocycles. The molecule has 82 valence electrons. The molecule has 0 bridgehead atoms. The number of methoxy groups -OCH3 is 1. The number of rotatable bonds is 8. The van der Waals surface area contributed by atoms with E-state index >= 15 is 0 Å². The fourth-order valence-electron chi connectivity index (χ4n) is 1.55. The summed E-state index contributed by atoms with van der Waals surface area (Å²) in [6, 6.07) is 0. The predicted octanol–water partition coefficient (Wildman–Crippen LogP) is 1.80. The number of Topliss-reactive ketones (excluding diaryl/α,β-unsaturated/α-hetero) is 1. The summed E-state index contributed by atoms with van der Waals surface area (Å²) in [5, 5.41) is 0. The molecular formula is C11H20O3. The number of hydrogen-bond donors (Lipinski definition) is 0. The fourth-order valence-corrected chi connectivity index (χ4v) is 1.55. The topological polar surface area (TPSA) is 35.5 Å². The van der Waals surface area contributed by atoms with E-state index in [0.29, 0.717) is 37.9 Å². The Morgan fingerprint density at radius 1 is 1.29 bits per heavy atom. The van der Waals surface area contributed by atoms with Crippen molar-refractivity contribution in [3.8, 4) is 0 Å². The molecule has 0 saturated heterocycles. The maximum atomic E-state index is 11.4. The molecule has 0 aliphatic heterocycles. The van der Waals surface area contributed by atoms with Crippen LogP contribution in [0.3, 0.4) is 0 Å². The Morgan fingerprint density at radius 3 is 2.64 bits per heavy atom. The summed E-state index contributed by atoms with van der Waals surface area (Å²) in [6.07, 6.45) is 5.14. The van der Waals surface area contributed by atoms with E-state index in [1.165, 1.54) is 19.3 Å². The Hall–Kier alpha value is -0.410. The highest BCUT2D eigenvalue weighted by molar-refractivity contribution is 5.78. The molecule has 1 saturated carbocycles. The van der Waals surface area contributed by atoms with Gasteiger partial charge < -0.3 is 9.47 Å². The second-order valence-corrected chi connectivity index (χ2v) is 3.89. The van der Waals surface area contributed by atoms with Gasteiger partial charge in [0.2, 0.25) is 0 Å². The van der Waals surface area contributed by atoms with Crippen LogP contribution in [0.25, 0.3) is 0 Å². The predicted molar refractivity (Wildman–Crippen MR) is 54.3 cm³/mol. The van der Waals surface area contributed by atoms with Gasteiger partial charge in [0.1, 0.15) is 5.78 Å². The van der Waals surface area contributed by atoms with Crippen molar-refractivity contribution >= 4 is 5.78 Å². The third kappa shape index (κ3) is 4.72. The number of ether oxygens (including phenoxy) is 2. The highest BCUT2D eigenvalue weighted by atomic mass is 16.5. The average molecular weight is 200 g/mol. The van der Waals surface area contributed by atoms with E-state index < -0.39 is 0 Å². The van der Waals surface area contributed by atoms with Crippen molar-refractivity contribution in [3.05, 3.63) is 0 Å². The molecule has 1 aliphatic carbocycles. The maximum Gasteiger partial charge on any atom is 0.135 e. The number of carbonyl (C=O) groups is 1. The lowest BCUT2D eigenvalue weighted by Gasteiger charge is -2.24. The van der Waals surface area contributed by atoms with Gasteiger partial charge in [0.15, 0.2) is 0 Å². The zero-order chi connectivity index (χ0) is 10.2. The Bertz CT molecular complexity index is 164. The van der Waals surface area contributed by atoms with Crippen LogP contribution in [0.15, 0.2) is 0 Å². The lowest BCUT2D eigenvalue weighted by Crippen LogP contribution is -2.17. The van der Waals surface area contributed by atoms with E-state index in [0.717, 1.165) is 6.42 Å². The summed E-state index contributed by atoms with van der Waals surface area (Å²) in [5.41, 5.74) is 0. The van der Waals surface area contributed by atoms with Gasteiger partial charge in [0.25, 0.3) is 0 Å². The van der Waals surface area contributed by atoms with Crippen LogP contribution in [0.4, 0.5) is 0 Å². The Morgan fingerprint density at radius 2 is 2.07 bits per heavy atom. The van der Waals surface area contributed by atoms with E-state index in [2.05, 4.69) is 0 Å². The van der Waals surface area contributed by atoms with Gasteiger partial charge in [-0.2, -0.15) is 0 Å².